The Morgan fingerprint density at radius 2 is 1.90 bits per heavy atom. The first-order valence-electron chi connectivity index (χ1n) is 6.45. The Morgan fingerprint density at radius 3 is 2.57 bits per heavy atom. The molecular weight excluding hydrogens is 309 g/mol. The zero-order valence-corrected chi connectivity index (χ0v) is 13.2. The number of nitrogens with one attached hydrogen (secondary N) is 1. The molecule has 0 radical (unpaired) electrons. The third-order valence-corrected chi connectivity index (χ3v) is 3.50. The first-order valence-corrected chi connectivity index (χ1v) is 7.21. The van der Waals surface area contributed by atoms with Crippen molar-refractivity contribution < 1.29 is 9.53 Å². The topological polar surface area (TPSA) is 38.3 Å². The van der Waals surface area contributed by atoms with Crippen molar-refractivity contribution in [2.75, 3.05) is 5.32 Å². The zero-order valence-electron chi connectivity index (χ0n) is 11.7. The third kappa shape index (κ3) is 4.13. The average molecular weight is 324 g/mol. The van der Waals surface area contributed by atoms with Crippen molar-refractivity contribution in [3.63, 3.8) is 0 Å². The summed E-state index contributed by atoms with van der Waals surface area (Å²) in [6.07, 6.45) is -0.678. The Hall–Kier alpha value is -1.71. The molecule has 110 valence electrons. The molecular formula is C16H15Cl2NO2. The molecule has 5 heteroatoms. The molecule has 0 saturated heterocycles. The number of anilines is 1. The number of aryl methyl sites for hydroxylation is 1. The van der Waals surface area contributed by atoms with Crippen LogP contribution in [0.25, 0.3) is 0 Å². The number of hydrogen-bond donors (Lipinski definition) is 1. The van der Waals surface area contributed by atoms with Gasteiger partial charge in [0.1, 0.15) is 5.75 Å². The minimum Gasteiger partial charge on any atom is -0.479 e. The van der Waals surface area contributed by atoms with Crippen LogP contribution in [-0.2, 0) is 4.79 Å². The SMILES string of the molecule is Cc1ccccc1NC(=O)[C@@H](C)Oc1ccc(Cl)cc1Cl. The summed E-state index contributed by atoms with van der Waals surface area (Å²) in [5.41, 5.74) is 1.75. The third-order valence-electron chi connectivity index (χ3n) is 2.97. The number of halogens is 2. The molecule has 2 aromatic rings. The van der Waals surface area contributed by atoms with E-state index in [0.717, 1.165) is 11.3 Å². The van der Waals surface area contributed by atoms with Crippen molar-refractivity contribution in [2.45, 2.75) is 20.0 Å². The Balaban J connectivity index is 2.04. The van der Waals surface area contributed by atoms with E-state index in [4.69, 9.17) is 27.9 Å². The molecule has 1 atom stereocenters. The minimum absolute atomic E-state index is 0.240. The van der Waals surface area contributed by atoms with Gasteiger partial charge in [0.05, 0.1) is 5.02 Å². The van der Waals surface area contributed by atoms with Crippen molar-refractivity contribution in [2.24, 2.45) is 0 Å². The quantitative estimate of drug-likeness (QED) is 0.885. The molecule has 0 spiro atoms. The molecule has 0 fully saturated rings. The largest absolute Gasteiger partial charge is 0.479 e. The predicted molar refractivity (Wildman–Crippen MR) is 86.4 cm³/mol. The molecule has 0 unspecified atom stereocenters. The number of carbonyl (C=O) groups is 1. The van der Waals surface area contributed by atoms with Crippen LogP contribution in [0.3, 0.4) is 0 Å². The van der Waals surface area contributed by atoms with E-state index in [1.54, 1.807) is 25.1 Å². The maximum absolute atomic E-state index is 12.1. The molecule has 0 aliphatic carbocycles. The lowest BCUT2D eigenvalue weighted by atomic mass is 10.2. The standard InChI is InChI=1S/C16H15Cl2NO2/c1-10-5-3-4-6-14(10)19-16(20)11(2)21-15-8-7-12(17)9-13(15)18/h3-9,11H,1-2H3,(H,19,20)/t11-/m1/s1. The van der Waals surface area contributed by atoms with E-state index in [-0.39, 0.29) is 5.91 Å². The second-order valence-corrected chi connectivity index (χ2v) is 5.48. The van der Waals surface area contributed by atoms with E-state index in [2.05, 4.69) is 5.32 Å². The van der Waals surface area contributed by atoms with Gasteiger partial charge >= 0.3 is 0 Å². The van der Waals surface area contributed by atoms with Gasteiger partial charge in [0.2, 0.25) is 0 Å². The van der Waals surface area contributed by atoms with Gasteiger partial charge in [0, 0.05) is 10.7 Å². The number of carbonyl (C=O) groups excluding carboxylic acids is 1. The smallest absolute Gasteiger partial charge is 0.265 e. The van der Waals surface area contributed by atoms with Gasteiger partial charge in [-0.3, -0.25) is 4.79 Å². The highest BCUT2D eigenvalue weighted by molar-refractivity contribution is 6.35. The molecule has 0 bridgehead atoms. The normalized spacial score (nSPS) is 11.8. The number of para-hydroxylation sites is 1. The summed E-state index contributed by atoms with van der Waals surface area (Å²) in [5.74, 6) is 0.184. The lowest BCUT2D eigenvalue weighted by molar-refractivity contribution is -0.122. The molecule has 2 rings (SSSR count). The molecule has 1 N–H and O–H groups in total. The van der Waals surface area contributed by atoms with Gasteiger partial charge in [-0.25, -0.2) is 0 Å². The summed E-state index contributed by atoms with van der Waals surface area (Å²) in [6.45, 7) is 3.59. The molecule has 1 amide bonds. The van der Waals surface area contributed by atoms with Crippen LogP contribution in [0, 0.1) is 6.92 Å². The highest BCUT2D eigenvalue weighted by Gasteiger charge is 2.17. The number of amides is 1. The summed E-state index contributed by atoms with van der Waals surface area (Å²) >= 11 is 11.8. The minimum atomic E-state index is -0.678. The maximum atomic E-state index is 12.1. The van der Waals surface area contributed by atoms with Crippen molar-refractivity contribution >= 4 is 34.8 Å². The Bertz CT molecular complexity index is 658. The van der Waals surface area contributed by atoms with E-state index in [1.165, 1.54) is 0 Å². The molecule has 0 aliphatic heterocycles. The second kappa shape index (κ2) is 6.83. The summed E-state index contributed by atoms with van der Waals surface area (Å²) in [4.78, 5) is 12.1. The number of hydrogen-bond acceptors (Lipinski definition) is 2. The van der Waals surface area contributed by atoms with Crippen LogP contribution in [0.2, 0.25) is 10.0 Å². The summed E-state index contributed by atoms with van der Waals surface area (Å²) in [5, 5.41) is 3.72. The fourth-order valence-corrected chi connectivity index (χ4v) is 2.22. The van der Waals surface area contributed by atoms with Crippen LogP contribution < -0.4 is 10.1 Å². The van der Waals surface area contributed by atoms with Crippen LogP contribution >= 0.6 is 23.2 Å². The Morgan fingerprint density at radius 1 is 1.19 bits per heavy atom. The van der Waals surface area contributed by atoms with Gasteiger partial charge in [0.25, 0.3) is 5.91 Å². The molecule has 0 saturated carbocycles. The molecule has 0 aliphatic rings. The number of rotatable bonds is 4. The maximum Gasteiger partial charge on any atom is 0.265 e. The molecule has 2 aromatic carbocycles. The molecule has 0 aromatic heterocycles. The van der Waals surface area contributed by atoms with Gasteiger partial charge < -0.3 is 10.1 Å². The Kier molecular flexibility index (Phi) is 5.10. The second-order valence-electron chi connectivity index (χ2n) is 4.64. The summed E-state index contributed by atoms with van der Waals surface area (Å²) < 4.78 is 5.57. The van der Waals surface area contributed by atoms with Crippen LogP contribution in [0.15, 0.2) is 42.5 Å². The van der Waals surface area contributed by atoms with Gasteiger partial charge in [-0.1, -0.05) is 41.4 Å². The average Bonchev–Trinajstić information content (AvgIpc) is 2.44. The van der Waals surface area contributed by atoms with Crippen LogP contribution in [-0.4, -0.2) is 12.0 Å². The lowest BCUT2D eigenvalue weighted by Gasteiger charge is -2.16. The van der Waals surface area contributed by atoms with Gasteiger partial charge in [0.15, 0.2) is 6.10 Å². The van der Waals surface area contributed by atoms with Gasteiger partial charge in [-0.2, -0.15) is 0 Å². The van der Waals surface area contributed by atoms with Crippen LogP contribution in [0.4, 0.5) is 5.69 Å². The number of ether oxygens (including phenoxy) is 1. The fourth-order valence-electron chi connectivity index (χ4n) is 1.76. The van der Waals surface area contributed by atoms with E-state index in [0.29, 0.717) is 15.8 Å². The van der Waals surface area contributed by atoms with Crippen molar-refractivity contribution in [1.82, 2.24) is 0 Å². The van der Waals surface area contributed by atoms with Crippen LogP contribution in [0.1, 0.15) is 12.5 Å². The monoisotopic (exact) mass is 323 g/mol. The van der Waals surface area contributed by atoms with Gasteiger partial charge in [-0.15, -0.1) is 0 Å². The van der Waals surface area contributed by atoms with E-state index in [1.807, 2.05) is 31.2 Å². The number of benzene rings is 2. The van der Waals surface area contributed by atoms with Crippen LogP contribution in [0.5, 0.6) is 5.75 Å². The van der Waals surface area contributed by atoms with Gasteiger partial charge in [-0.05, 0) is 43.7 Å². The van der Waals surface area contributed by atoms with Crippen molar-refractivity contribution in [1.29, 1.82) is 0 Å². The summed E-state index contributed by atoms with van der Waals surface area (Å²) in [6, 6.07) is 12.4. The van der Waals surface area contributed by atoms with E-state index in [9.17, 15) is 4.79 Å². The highest BCUT2D eigenvalue weighted by atomic mass is 35.5. The first-order chi connectivity index (χ1) is 9.97. The predicted octanol–water partition coefficient (Wildman–Crippen LogP) is 4.71. The first kappa shape index (κ1) is 15.7. The fraction of sp³-hybridized carbons (Fsp3) is 0.188. The highest BCUT2D eigenvalue weighted by Crippen LogP contribution is 2.28. The Labute approximate surface area is 133 Å². The molecule has 0 heterocycles. The lowest BCUT2D eigenvalue weighted by Crippen LogP contribution is -2.30. The van der Waals surface area contributed by atoms with Crippen molar-refractivity contribution in [3.8, 4) is 5.75 Å². The molecule has 3 nitrogen and oxygen atoms in total. The molecule has 21 heavy (non-hydrogen) atoms. The zero-order chi connectivity index (χ0) is 15.4. The summed E-state index contributed by atoms with van der Waals surface area (Å²) in [7, 11) is 0. The van der Waals surface area contributed by atoms with E-state index < -0.39 is 6.10 Å². The van der Waals surface area contributed by atoms with Crippen molar-refractivity contribution in [3.05, 3.63) is 58.1 Å². The van der Waals surface area contributed by atoms with E-state index >= 15 is 0 Å².